The van der Waals surface area contributed by atoms with Gasteiger partial charge in [-0.2, -0.15) is 5.26 Å². The van der Waals surface area contributed by atoms with Gasteiger partial charge in [0.15, 0.2) is 0 Å². The number of nitrogens with zero attached hydrogens (tertiary/aromatic N) is 4. The summed E-state index contributed by atoms with van der Waals surface area (Å²) in [4.78, 5) is 23.2. The number of aromatic nitrogens is 2. The summed E-state index contributed by atoms with van der Waals surface area (Å²) in [6.07, 6.45) is 3.23. The van der Waals surface area contributed by atoms with Crippen LogP contribution in [0.3, 0.4) is 0 Å². The van der Waals surface area contributed by atoms with Crippen LogP contribution < -0.4 is 10.2 Å². The molecule has 7 nitrogen and oxygen atoms in total. The van der Waals surface area contributed by atoms with Crippen LogP contribution in [0.25, 0.3) is 11.0 Å². The summed E-state index contributed by atoms with van der Waals surface area (Å²) >= 11 is 0. The van der Waals surface area contributed by atoms with E-state index in [-0.39, 0.29) is 24.2 Å². The normalized spacial score (nSPS) is 12.6. The SMILES string of the molecule is CC(C)CN(C[C@@H](C)NC(=O)COC(C)(C)C)c1ccc(C#N)c2nccnc12. The first-order chi connectivity index (χ1) is 13.6. The molecule has 0 saturated carbocycles. The fourth-order valence-electron chi connectivity index (χ4n) is 3.07. The van der Waals surface area contributed by atoms with Crippen molar-refractivity contribution in [2.75, 3.05) is 24.6 Å². The summed E-state index contributed by atoms with van der Waals surface area (Å²) in [7, 11) is 0. The molecule has 2 rings (SSSR count). The van der Waals surface area contributed by atoms with Gasteiger partial charge in [-0.25, -0.2) is 0 Å². The first-order valence-electron chi connectivity index (χ1n) is 9.92. The molecule has 0 spiro atoms. The zero-order valence-electron chi connectivity index (χ0n) is 18.2. The van der Waals surface area contributed by atoms with Gasteiger partial charge in [0.2, 0.25) is 5.91 Å². The lowest BCUT2D eigenvalue weighted by Gasteiger charge is -2.30. The molecule has 1 aromatic heterocycles. The van der Waals surface area contributed by atoms with Crippen molar-refractivity contribution < 1.29 is 9.53 Å². The van der Waals surface area contributed by atoms with Gasteiger partial charge in [-0.1, -0.05) is 13.8 Å². The third-order valence-electron chi connectivity index (χ3n) is 4.19. The van der Waals surface area contributed by atoms with Gasteiger partial charge < -0.3 is 15.0 Å². The van der Waals surface area contributed by atoms with E-state index in [4.69, 9.17) is 4.74 Å². The van der Waals surface area contributed by atoms with Crippen molar-refractivity contribution in [3.8, 4) is 6.07 Å². The van der Waals surface area contributed by atoms with Gasteiger partial charge in [0.25, 0.3) is 0 Å². The number of nitrogens with one attached hydrogen (secondary N) is 1. The van der Waals surface area contributed by atoms with Gasteiger partial charge in [-0.3, -0.25) is 14.8 Å². The lowest BCUT2D eigenvalue weighted by atomic mass is 10.1. The predicted octanol–water partition coefficient (Wildman–Crippen LogP) is 3.28. The highest BCUT2D eigenvalue weighted by Crippen LogP contribution is 2.27. The minimum Gasteiger partial charge on any atom is -0.367 e. The van der Waals surface area contributed by atoms with E-state index in [0.717, 1.165) is 12.2 Å². The monoisotopic (exact) mass is 397 g/mol. The number of amides is 1. The number of hydrogen-bond donors (Lipinski definition) is 1. The number of nitriles is 1. The number of carbonyl (C=O) groups excluding carboxylic acids is 1. The highest BCUT2D eigenvalue weighted by molar-refractivity contribution is 5.92. The van der Waals surface area contributed by atoms with E-state index in [2.05, 4.69) is 40.1 Å². The number of benzene rings is 1. The van der Waals surface area contributed by atoms with Gasteiger partial charge in [0.05, 0.1) is 16.9 Å². The topological polar surface area (TPSA) is 91.1 Å². The Bertz CT molecular complexity index is 883. The van der Waals surface area contributed by atoms with Crippen molar-refractivity contribution in [1.82, 2.24) is 15.3 Å². The molecule has 156 valence electrons. The summed E-state index contributed by atoms with van der Waals surface area (Å²) in [6, 6.07) is 5.78. The van der Waals surface area contributed by atoms with Gasteiger partial charge in [-0.15, -0.1) is 0 Å². The average Bonchev–Trinajstić information content (AvgIpc) is 2.64. The molecule has 2 aromatic rings. The molecular formula is C22H31N5O2. The van der Waals surface area contributed by atoms with Crippen molar-refractivity contribution in [2.45, 2.75) is 53.2 Å². The number of fused-ring (bicyclic) bond motifs is 1. The molecule has 1 atom stereocenters. The molecule has 0 radical (unpaired) electrons. The van der Waals surface area contributed by atoms with Gasteiger partial charge in [0, 0.05) is 31.5 Å². The number of carbonyl (C=O) groups is 1. The highest BCUT2D eigenvalue weighted by atomic mass is 16.5. The molecule has 0 aliphatic carbocycles. The molecule has 0 fully saturated rings. The zero-order valence-corrected chi connectivity index (χ0v) is 18.2. The molecule has 0 aliphatic heterocycles. The second-order valence-corrected chi connectivity index (χ2v) is 8.67. The smallest absolute Gasteiger partial charge is 0.246 e. The van der Waals surface area contributed by atoms with E-state index in [1.807, 2.05) is 33.8 Å². The number of rotatable bonds is 8. The maximum Gasteiger partial charge on any atom is 0.246 e. The molecule has 1 amide bonds. The number of ether oxygens (including phenoxy) is 1. The number of anilines is 1. The van der Waals surface area contributed by atoms with Gasteiger partial charge in [-0.05, 0) is 45.7 Å². The van der Waals surface area contributed by atoms with E-state index in [1.165, 1.54) is 0 Å². The summed E-state index contributed by atoms with van der Waals surface area (Å²) in [5, 5.41) is 12.4. The molecule has 0 aliphatic rings. The van der Waals surface area contributed by atoms with Crippen molar-refractivity contribution in [3.05, 3.63) is 30.1 Å². The van der Waals surface area contributed by atoms with Crippen molar-refractivity contribution in [1.29, 1.82) is 5.26 Å². The molecule has 1 aromatic carbocycles. The first kappa shape index (κ1) is 22.6. The third-order valence-corrected chi connectivity index (χ3v) is 4.19. The van der Waals surface area contributed by atoms with Crippen LogP contribution in [0.2, 0.25) is 0 Å². The molecule has 0 unspecified atom stereocenters. The quantitative estimate of drug-likeness (QED) is 0.735. The minimum absolute atomic E-state index is 0.0310. The first-order valence-corrected chi connectivity index (χ1v) is 9.92. The Kier molecular flexibility index (Phi) is 7.52. The Labute approximate surface area is 173 Å². The molecule has 0 bridgehead atoms. The lowest BCUT2D eigenvalue weighted by Crippen LogP contribution is -2.45. The average molecular weight is 398 g/mol. The molecule has 1 heterocycles. The molecular weight excluding hydrogens is 366 g/mol. The van der Waals surface area contributed by atoms with Crippen molar-refractivity contribution >= 4 is 22.6 Å². The fourth-order valence-corrected chi connectivity index (χ4v) is 3.07. The summed E-state index contributed by atoms with van der Waals surface area (Å²) in [6.45, 7) is 13.5. The molecule has 7 heteroatoms. The van der Waals surface area contributed by atoms with Crippen molar-refractivity contribution in [3.63, 3.8) is 0 Å². The van der Waals surface area contributed by atoms with Crippen LogP contribution in [-0.4, -0.2) is 47.2 Å². The lowest BCUT2D eigenvalue weighted by molar-refractivity contribution is -0.131. The van der Waals surface area contributed by atoms with Crippen LogP contribution in [0.5, 0.6) is 0 Å². The molecule has 29 heavy (non-hydrogen) atoms. The van der Waals surface area contributed by atoms with Gasteiger partial charge in [0.1, 0.15) is 23.7 Å². The van der Waals surface area contributed by atoms with Crippen LogP contribution >= 0.6 is 0 Å². The van der Waals surface area contributed by atoms with E-state index >= 15 is 0 Å². The summed E-state index contributed by atoms with van der Waals surface area (Å²) in [5.41, 5.74) is 2.35. The fraction of sp³-hybridized carbons (Fsp3) is 0.545. The largest absolute Gasteiger partial charge is 0.367 e. The zero-order chi connectivity index (χ0) is 21.6. The van der Waals surface area contributed by atoms with Crippen LogP contribution in [0.1, 0.15) is 47.1 Å². The van der Waals surface area contributed by atoms with Crippen LogP contribution in [0, 0.1) is 17.2 Å². The molecule has 0 saturated heterocycles. The van der Waals surface area contributed by atoms with E-state index in [9.17, 15) is 10.1 Å². The third kappa shape index (κ3) is 6.68. The molecule has 1 N–H and O–H groups in total. The standard InChI is InChI=1S/C22H31N5O2/c1-15(2)12-27(13-16(3)26-19(28)14-29-22(4,5)6)18-8-7-17(11-23)20-21(18)25-10-9-24-20/h7-10,15-16H,12-14H2,1-6H3,(H,26,28)/t16-/m1/s1. The summed E-state index contributed by atoms with van der Waals surface area (Å²) in [5.74, 6) is 0.269. The van der Waals surface area contributed by atoms with Gasteiger partial charge >= 0.3 is 0 Å². The minimum atomic E-state index is -0.357. The number of hydrogen-bond acceptors (Lipinski definition) is 6. The Morgan fingerprint density at radius 2 is 1.83 bits per heavy atom. The second kappa shape index (κ2) is 9.66. The Morgan fingerprint density at radius 3 is 2.41 bits per heavy atom. The van der Waals surface area contributed by atoms with Crippen LogP contribution in [0.4, 0.5) is 5.69 Å². The van der Waals surface area contributed by atoms with E-state index in [0.29, 0.717) is 29.1 Å². The van der Waals surface area contributed by atoms with E-state index in [1.54, 1.807) is 18.5 Å². The van der Waals surface area contributed by atoms with E-state index < -0.39 is 0 Å². The maximum absolute atomic E-state index is 12.2. The van der Waals surface area contributed by atoms with Crippen molar-refractivity contribution in [2.24, 2.45) is 5.92 Å². The predicted molar refractivity (Wildman–Crippen MR) is 115 cm³/mol. The Balaban J connectivity index is 2.21. The maximum atomic E-state index is 12.2. The summed E-state index contributed by atoms with van der Waals surface area (Å²) < 4.78 is 5.55. The van der Waals surface area contributed by atoms with Crippen LogP contribution in [-0.2, 0) is 9.53 Å². The Hall–Kier alpha value is -2.72. The highest BCUT2D eigenvalue weighted by Gasteiger charge is 2.19. The Morgan fingerprint density at radius 1 is 1.17 bits per heavy atom. The second-order valence-electron chi connectivity index (χ2n) is 8.67. The van der Waals surface area contributed by atoms with Crippen LogP contribution in [0.15, 0.2) is 24.5 Å².